The van der Waals surface area contributed by atoms with Crippen molar-refractivity contribution in [3.05, 3.63) is 51.4 Å². The molecular formula is C23H28N6O3. The van der Waals surface area contributed by atoms with Crippen molar-refractivity contribution in [2.75, 3.05) is 51.0 Å². The number of amides is 1. The fourth-order valence-electron chi connectivity index (χ4n) is 4.36. The van der Waals surface area contributed by atoms with Crippen LogP contribution in [0, 0.1) is 13.8 Å². The monoisotopic (exact) mass is 436 g/mol. The van der Waals surface area contributed by atoms with Crippen LogP contribution in [0.25, 0.3) is 16.6 Å². The Kier molecular flexibility index (Phi) is 5.52. The number of hydrogen-bond acceptors (Lipinski definition) is 7. The number of hydrogen-bond donors (Lipinski definition) is 2. The molecule has 3 heterocycles. The molecule has 1 saturated heterocycles. The smallest absolute Gasteiger partial charge is 0.266 e. The highest BCUT2D eigenvalue weighted by Crippen LogP contribution is 2.31. The second-order valence-corrected chi connectivity index (χ2v) is 8.20. The average molecular weight is 437 g/mol. The summed E-state index contributed by atoms with van der Waals surface area (Å²) in [6.07, 6.45) is 1.67. The Morgan fingerprint density at radius 1 is 1.16 bits per heavy atom. The number of carbonyl (C=O) groups excluding carboxylic acids is 1. The summed E-state index contributed by atoms with van der Waals surface area (Å²) >= 11 is 0. The molecule has 0 aliphatic carbocycles. The fourth-order valence-corrected chi connectivity index (χ4v) is 4.36. The largest absolute Gasteiger partial charge is 0.496 e. The molecule has 9 nitrogen and oxygen atoms in total. The number of carbonyl (C=O) groups is 1. The number of nitrogens with two attached hydrogens (primary N) is 2. The van der Waals surface area contributed by atoms with Crippen molar-refractivity contribution in [2.45, 2.75) is 13.8 Å². The van der Waals surface area contributed by atoms with Crippen molar-refractivity contribution in [1.82, 2.24) is 14.5 Å². The van der Waals surface area contributed by atoms with Crippen molar-refractivity contribution in [1.29, 1.82) is 0 Å². The van der Waals surface area contributed by atoms with E-state index in [-0.39, 0.29) is 22.5 Å². The number of aryl methyl sites for hydroxylation is 1. The van der Waals surface area contributed by atoms with Crippen LogP contribution in [-0.2, 0) is 0 Å². The summed E-state index contributed by atoms with van der Waals surface area (Å²) in [7, 11) is 3.64. The molecule has 1 aliphatic rings. The average Bonchev–Trinajstić information content (AvgIpc) is 2.76. The quantitative estimate of drug-likeness (QED) is 0.635. The molecule has 168 valence electrons. The van der Waals surface area contributed by atoms with Crippen LogP contribution in [0.15, 0.2) is 29.2 Å². The molecular weight excluding hydrogens is 408 g/mol. The van der Waals surface area contributed by atoms with E-state index in [9.17, 15) is 9.59 Å². The number of ether oxygens (including phenoxy) is 1. The van der Waals surface area contributed by atoms with E-state index < -0.39 is 5.91 Å². The molecule has 0 radical (unpaired) electrons. The van der Waals surface area contributed by atoms with Crippen molar-refractivity contribution in [2.24, 2.45) is 5.73 Å². The number of aromatic nitrogens is 2. The van der Waals surface area contributed by atoms with E-state index in [0.717, 1.165) is 43.0 Å². The summed E-state index contributed by atoms with van der Waals surface area (Å²) in [6.45, 7) is 7.20. The number of methoxy groups -OCH3 is 1. The molecule has 0 atom stereocenters. The molecule has 32 heavy (non-hydrogen) atoms. The van der Waals surface area contributed by atoms with Crippen LogP contribution in [0.3, 0.4) is 0 Å². The van der Waals surface area contributed by atoms with E-state index in [4.69, 9.17) is 16.2 Å². The van der Waals surface area contributed by atoms with Gasteiger partial charge in [-0.15, -0.1) is 0 Å². The van der Waals surface area contributed by atoms with E-state index in [0.29, 0.717) is 16.8 Å². The topological polar surface area (TPSA) is 120 Å². The lowest BCUT2D eigenvalue weighted by Gasteiger charge is -2.34. The van der Waals surface area contributed by atoms with Gasteiger partial charge in [0.05, 0.1) is 35.6 Å². The molecule has 1 aromatic carbocycles. The number of anilines is 2. The number of fused-ring (bicyclic) bond motifs is 1. The Labute approximate surface area is 186 Å². The first-order chi connectivity index (χ1) is 15.2. The number of benzene rings is 1. The first-order valence-electron chi connectivity index (χ1n) is 10.5. The van der Waals surface area contributed by atoms with Crippen molar-refractivity contribution < 1.29 is 9.53 Å². The highest BCUT2D eigenvalue weighted by atomic mass is 16.5. The van der Waals surface area contributed by atoms with Crippen molar-refractivity contribution >= 4 is 28.3 Å². The van der Waals surface area contributed by atoms with Gasteiger partial charge in [-0.25, -0.2) is 0 Å². The normalized spacial score (nSPS) is 14.7. The van der Waals surface area contributed by atoms with Crippen LogP contribution >= 0.6 is 0 Å². The second-order valence-electron chi connectivity index (χ2n) is 8.20. The third-order valence-corrected chi connectivity index (χ3v) is 6.18. The van der Waals surface area contributed by atoms with Crippen LogP contribution in [0.2, 0.25) is 0 Å². The van der Waals surface area contributed by atoms with Gasteiger partial charge in [0.2, 0.25) is 0 Å². The van der Waals surface area contributed by atoms with Crippen LogP contribution in [0.4, 0.5) is 11.5 Å². The van der Waals surface area contributed by atoms with Gasteiger partial charge in [-0.1, -0.05) is 6.07 Å². The summed E-state index contributed by atoms with van der Waals surface area (Å²) in [6, 6.07) is 5.46. The summed E-state index contributed by atoms with van der Waals surface area (Å²) in [5.74, 6) is -0.157. The Balaban J connectivity index is 2.03. The van der Waals surface area contributed by atoms with Crippen LogP contribution in [0.1, 0.15) is 21.5 Å². The zero-order valence-electron chi connectivity index (χ0n) is 18.8. The summed E-state index contributed by atoms with van der Waals surface area (Å²) in [5.41, 5.74) is 14.9. The Bertz CT molecular complexity index is 1280. The maximum absolute atomic E-state index is 13.7. The highest BCUT2D eigenvalue weighted by molar-refractivity contribution is 6.09. The molecule has 2 aromatic heterocycles. The minimum absolute atomic E-state index is 0.0331. The van der Waals surface area contributed by atoms with Gasteiger partial charge in [-0.2, -0.15) is 0 Å². The number of nitrogen functional groups attached to an aromatic ring is 1. The van der Waals surface area contributed by atoms with Crippen molar-refractivity contribution in [3.63, 3.8) is 0 Å². The maximum Gasteiger partial charge on any atom is 0.266 e. The molecule has 0 spiro atoms. The van der Waals surface area contributed by atoms with Gasteiger partial charge in [0.15, 0.2) is 0 Å². The molecule has 0 bridgehead atoms. The molecule has 3 aromatic rings. The molecule has 1 aliphatic heterocycles. The molecule has 4 N–H and O–H groups in total. The number of piperazine rings is 1. The minimum atomic E-state index is -0.737. The lowest BCUT2D eigenvalue weighted by molar-refractivity contribution is 0.100. The zero-order chi connectivity index (χ0) is 23.2. The number of likely N-dealkylation sites (N-methyl/N-ethyl adjacent to an activating group) is 1. The number of rotatable bonds is 4. The maximum atomic E-state index is 13.7. The van der Waals surface area contributed by atoms with Gasteiger partial charge in [0, 0.05) is 31.7 Å². The third-order valence-electron chi connectivity index (χ3n) is 6.18. The van der Waals surface area contributed by atoms with E-state index in [1.54, 1.807) is 19.4 Å². The SMILES string of the molecule is COc1ccc(C)c(-n2c(N)c(C(N)=O)c3ncc(N4CCN(C)CC4)cc3c2=O)c1C. The predicted molar refractivity (Wildman–Crippen MR) is 126 cm³/mol. The van der Waals surface area contributed by atoms with Gasteiger partial charge >= 0.3 is 0 Å². The van der Waals surface area contributed by atoms with Gasteiger partial charge in [0.1, 0.15) is 17.1 Å². The minimum Gasteiger partial charge on any atom is -0.496 e. The van der Waals surface area contributed by atoms with Gasteiger partial charge in [-0.3, -0.25) is 19.1 Å². The van der Waals surface area contributed by atoms with Crippen LogP contribution in [-0.4, -0.2) is 60.7 Å². The Morgan fingerprint density at radius 2 is 1.84 bits per heavy atom. The Morgan fingerprint density at radius 3 is 2.47 bits per heavy atom. The van der Waals surface area contributed by atoms with Crippen molar-refractivity contribution in [3.8, 4) is 11.4 Å². The molecule has 9 heteroatoms. The first-order valence-corrected chi connectivity index (χ1v) is 10.5. The number of primary amides is 1. The molecule has 1 fully saturated rings. The highest BCUT2D eigenvalue weighted by Gasteiger charge is 2.24. The lowest BCUT2D eigenvalue weighted by Crippen LogP contribution is -2.44. The van der Waals surface area contributed by atoms with E-state index in [1.165, 1.54) is 4.57 Å². The summed E-state index contributed by atoms with van der Waals surface area (Å²) in [4.78, 5) is 35.0. The zero-order valence-corrected chi connectivity index (χ0v) is 18.8. The van der Waals surface area contributed by atoms with Crippen LogP contribution < -0.4 is 26.7 Å². The Hall–Kier alpha value is -3.59. The van der Waals surface area contributed by atoms with Gasteiger partial charge < -0.3 is 26.0 Å². The standard InChI is InChI=1S/C23H28N6O3/c1-13-5-6-17(32-4)14(2)20(13)29-21(24)18(22(25)30)19-16(23(29)31)11-15(12-26-19)28-9-7-27(3)8-10-28/h5-6,11-12H,7-10,24H2,1-4H3,(H2,25,30). The number of nitrogens with zero attached hydrogens (tertiary/aromatic N) is 4. The molecule has 0 unspecified atom stereocenters. The van der Waals surface area contributed by atoms with Gasteiger partial charge in [0.25, 0.3) is 11.5 Å². The molecule has 0 saturated carbocycles. The van der Waals surface area contributed by atoms with E-state index in [2.05, 4.69) is 21.8 Å². The second kappa shape index (κ2) is 8.16. The van der Waals surface area contributed by atoms with E-state index >= 15 is 0 Å². The lowest BCUT2D eigenvalue weighted by atomic mass is 10.0. The molecule has 1 amide bonds. The first kappa shape index (κ1) is 21.6. The summed E-state index contributed by atoms with van der Waals surface area (Å²) < 4.78 is 6.80. The number of pyridine rings is 2. The van der Waals surface area contributed by atoms with Gasteiger partial charge in [-0.05, 0) is 38.6 Å². The predicted octanol–water partition coefficient (Wildman–Crippen LogP) is 1.44. The molecule has 4 rings (SSSR count). The van der Waals surface area contributed by atoms with Crippen LogP contribution in [0.5, 0.6) is 5.75 Å². The van der Waals surface area contributed by atoms with E-state index in [1.807, 2.05) is 26.0 Å². The fraction of sp³-hybridized carbons (Fsp3) is 0.348. The third kappa shape index (κ3) is 3.44. The summed E-state index contributed by atoms with van der Waals surface area (Å²) in [5, 5.41) is 0.297.